The predicted octanol–water partition coefficient (Wildman–Crippen LogP) is 3.54. The fourth-order valence-corrected chi connectivity index (χ4v) is 8.65. The number of benzene rings is 2. The predicted molar refractivity (Wildman–Crippen MR) is 146 cm³/mol. The van der Waals surface area contributed by atoms with Gasteiger partial charge < -0.3 is 11.1 Å². The molecule has 0 atom stereocenters. The van der Waals surface area contributed by atoms with Crippen LogP contribution >= 0.6 is 0 Å². The van der Waals surface area contributed by atoms with Gasteiger partial charge in [-0.15, -0.1) is 0 Å². The Hall–Kier alpha value is -3.50. The molecule has 39 heavy (non-hydrogen) atoms. The van der Waals surface area contributed by atoms with Crippen molar-refractivity contribution in [3.8, 4) is 16.9 Å². The SMILES string of the molecule is NC(=O)c1nn(-c2ccc(S(N)(=O)=O)cc2)c2c1CCc1ccc(NC(=O)C34CC5CC(CC(C5)C3)C4)cc1-2. The molecule has 1 aromatic heterocycles. The number of amides is 2. The van der Waals surface area contributed by atoms with Crippen LogP contribution in [0.1, 0.15) is 60.1 Å². The Balaban J connectivity index is 1.27. The van der Waals surface area contributed by atoms with E-state index in [2.05, 4.69) is 10.4 Å². The van der Waals surface area contributed by atoms with Crippen molar-refractivity contribution in [1.82, 2.24) is 9.78 Å². The first kappa shape index (κ1) is 24.5. The van der Waals surface area contributed by atoms with Gasteiger partial charge in [-0.05, 0) is 111 Å². The summed E-state index contributed by atoms with van der Waals surface area (Å²) >= 11 is 0. The van der Waals surface area contributed by atoms with E-state index in [9.17, 15) is 18.0 Å². The molecule has 4 saturated carbocycles. The van der Waals surface area contributed by atoms with Crippen LogP contribution in [0.15, 0.2) is 47.4 Å². The van der Waals surface area contributed by atoms with Crippen LogP contribution < -0.4 is 16.2 Å². The third-order valence-corrected chi connectivity index (χ3v) is 10.3. The number of primary amides is 1. The van der Waals surface area contributed by atoms with E-state index in [1.807, 2.05) is 18.2 Å². The Bertz CT molecular complexity index is 1610. The normalized spacial score (nSPS) is 26.6. The number of hydrogen-bond donors (Lipinski definition) is 3. The maximum atomic E-state index is 13.7. The molecular formula is C29H31N5O4S. The number of aryl methyl sites for hydroxylation is 1. The summed E-state index contributed by atoms with van der Waals surface area (Å²) in [6, 6.07) is 12.0. The smallest absolute Gasteiger partial charge is 0.269 e. The van der Waals surface area contributed by atoms with E-state index in [0.29, 0.717) is 36.3 Å². The van der Waals surface area contributed by atoms with Gasteiger partial charge in [0.15, 0.2) is 5.69 Å². The molecule has 3 aromatic rings. The number of hydrogen-bond acceptors (Lipinski definition) is 5. The largest absolute Gasteiger partial charge is 0.364 e. The van der Waals surface area contributed by atoms with Crippen LogP contribution in [-0.4, -0.2) is 30.0 Å². The van der Waals surface area contributed by atoms with Crippen molar-refractivity contribution in [3.05, 3.63) is 59.3 Å². The van der Waals surface area contributed by atoms with Crippen LogP contribution in [0, 0.1) is 23.2 Å². The molecule has 2 aromatic carbocycles. The highest BCUT2D eigenvalue weighted by Gasteiger charge is 2.54. The zero-order chi connectivity index (χ0) is 27.1. The minimum atomic E-state index is -3.85. The summed E-state index contributed by atoms with van der Waals surface area (Å²) in [5, 5.41) is 13.1. The lowest BCUT2D eigenvalue weighted by atomic mass is 9.49. The molecule has 4 bridgehead atoms. The maximum Gasteiger partial charge on any atom is 0.269 e. The lowest BCUT2D eigenvalue weighted by Gasteiger charge is -2.55. The number of aromatic nitrogens is 2. The van der Waals surface area contributed by atoms with E-state index in [4.69, 9.17) is 10.9 Å². The second kappa shape index (κ2) is 8.50. The van der Waals surface area contributed by atoms with E-state index >= 15 is 0 Å². The van der Waals surface area contributed by atoms with Crippen LogP contribution in [0.5, 0.6) is 0 Å². The number of carbonyl (C=O) groups is 2. The molecular weight excluding hydrogens is 514 g/mol. The van der Waals surface area contributed by atoms with Gasteiger partial charge in [-0.25, -0.2) is 18.2 Å². The number of sulfonamides is 1. The summed E-state index contributed by atoms with van der Waals surface area (Å²) in [7, 11) is -3.85. The van der Waals surface area contributed by atoms with Crippen LogP contribution in [0.25, 0.3) is 16.9 Å². The Morgan fingerprint density at radius 1 is 0.949 bits per heavy atom. The lowest BCUT2D eigenvalue weighted by Crippen LogP contribution is -2.51. The number of nitrogens with one attached hydrogen (secondary N) is 1. The maximum absolute atomic E-state index is 13.7. The standard InChI is InChI=1S/C29H31N5O4S/c30-27(35)25-23-8-2-19-1-3-20(32-28(36)29-13-16-9-17(14-29)11-18(10-16)15-29)12-24(19)26(23)34(33-25)21-4-6-22(7-5-21)39(31,37)38/h1,3-7,12,16-18H,2,8-11,13-15H2,(H2,30,35)(H,32,36)(H2,31,37,38). The molecule has 0 saturated heterocycles. The zero-order valence-corrected chi connectivity index (χ0v) is 22.3. The van der Waals surface area contributed by atoms with Gasteiger partial charge in [-0.1, -0.05) is 6.07 Å². The Morgan fingerprint density at radius 3 is 2.18 bits per heavy atom. The molecule has 0 unspecified atom stereocenters. The summed E-state index contributed by atoms with van der Waals surface area (Å²) < 4.78 is 25.1. The average molecular weight is 546 g/mol. The second-order valence-electron chi connectivity index (χ2n) is 12.0. The van der Waals surface area contributed by atoms with Crippen molar-refractivity contribution in [3.63, 3.8) is 0 Å². The van der Waals surface area contributed by atoms with Gasteiger partial charge in [-0.3, -0.25) is 9.59 Å². The van der Waals surface area contributed by atoms with Crippen LogP contribution in [0.3, 0.4) is 0 Å². The summed E-state index contributed by atoms with van der Waals surface area (Å²) in [6.45, 7) is 0. The van der Waals surface area contributed by atoms with Crippen molar-refractivity contribution in [2.45, 2.75) is 56.3 Å². The number of primary sulfonamides is 1. The molecule has 4 fully saturated rings. The molecule has 1 heterocycles. The first-order valence-electron chi connectivity index (χ1n) is 13.6. The summed E-state index contributed by atoms with van der Waals surface area (Å²) in [4.78, 5) is 26.0. The van der Waals surface area contributed by atoms with Crippen molar-refractivity contribution >= 4 is 27.5 Å². The van der Waals surface area contributed by atoms with Gasteiger partial charge >= 0.3 is 0 Å². The topological polar surface area (TPSA) is 150 Å². The van der Waals surface area contributed by atoms with Gasteiger partial charge in [0.05, 0.1) is 21.7 Å². The van der Waals surface area contributed by atoms with E-state index < -0.39 is 15.9 Å². The minimum Gasteiger partial charge on any atom is -0.364 e. The quantitative estimate of drug-likeness (QED) is 0.448. The van der Waals surface area contributed by atoms with Crippen LogP contribution in [-0.2, 0) is 27.7 Å². The van der Waals surface area contributed by atoms with E-state index in [0.717, 1.165) is 47.3 Å². The molecule has 9 nitrogen and oxygen atoms in total. The number of carbonyl (C=O) groups excluding carboxylic acids is 2. The van der Waals surface area contributed by atoms with Crippen molar-refractivity contribution < 1.29 is 18.0 Å². The Morgan fingerprint density at radius 2 is 1.59 bits per heavy atom. The third kappa shape index (κ3) is 4.00. The molecule has 10 heteroatoms. The second-order valence-corrected chi connectivity index (χ2v) is 13.6. The van der Waals surface area contributed by atoms with Gasteiger partial charge in [0.1, 0.15) is 0 Å². The van der Waals surface area contributed by atoms with E-state index in [1.54, 1.807) is 16.8 Å². The number of rotatable bonds is 5. The summed E-state index contributed by atoms with van der Waals surface area (Å²) in [6.07, 6.45) is 8.10. The molecule has 2 amide bonds. The fraction of sp³-hybridized carbons (Fsp3) is 0.414. The minimum absolute atomic E-state index is 0.0162. The fourth-order valence-electron chi connectivity index (χ4n) is 8.13. The van der Waals surface area contributed by atoms with Gasteiger partial charge in [0.2, 0.25) is 15.9 Å². The van der Waals surface area contributed by atoms with Crippen LogP contribution in [0.2, 0.25) is 0 Å². The zero-order valence-electron chi connectivity index (χ0n) is 21.5. The van der Waals surface area contributed by atoms with E-state index in [1.165, 1.54) is 31.4 Å². The van der Waals surface area contributed by atoms with Crippen molar-refractivity contribution in [2.75, 3.05) is 5.32 Å². The lowest BCUT2D eigenvalue weighted by molar-refractivity contribution is -0.140. The molecule has 5 aliphatic carbocycles. The van der Waals surface area contributed by atoms with Gasteiger partial charge in [0.25, 0.3) is 5.91 Å². The highest BCUT2D eigenvalue weighted by molar-refractivity contribution is 7.89. The molecule has 0 radical (unpaired) electrons. The molecule has 202 valence electrons. The number of nitrogens with zero attached hydrogens (tertiary/aromatic N) is 2. The monoisotopic (exact) mass is 545 g/mol. The Kier molecular flexibility index (Phi) is 5.35. The van der Waals surface area contributed by atoms with Gasteiger partial charge in [0, 0.05) is 16.8 Å². The summed E-state index contributed by atoms with van der Waals surface area (Å²) in [5.74, 6) is 1.53. The molecule has 8 rings (SSSR count). The molecule has 5 N–H and O–H groups in total. The number of nitrogens with two attached hydrogens (primary N) is 2. The van der Waals surface area contributed by atoms with Gasteiger partial charge in [-0.2, -0.15) is 5.10 Å². The third-order valence-electron chi connectivity index (χ3n) is 9.41. The highest BCUT2D eigenvalue weighted by atomic mass is 32.2. The molecule has 0 aliphatic heterocycles. The van der Waals surface area contributed by atoms with Crippen molar-refractivity contribution in [2.24, 2.45) is 34.0 Å². The highest BCUT2D eigenvalue weighted by Crippen LogP contribution is 2.60. The van der Waals surface area contributed by atoms with E-state index in [-0.39, 0.29) is 21.9 Å². The summed E-state index contributed by atoms with van der Waals surface area (Å²) in [5.41, 5.74) is 10.3. The first-order chi connectivity index (χ1) is 18.6. The number of fused-ring (bicyclic) bond motifs is 3. The average Bonchev–Trinajstić information content (AvgIpc) is 3.28. The number of anilines is 1. The van der Waals surface area contributed by atoms with Crippen LogP contribution in [0.4, 0.5) is 5.69 Å². The Labute approximate surface area is 227 Å². The molecule has 5 aliphatic rings. The first-order valence-corrected chi connectivity index (χ1v) is 15.1. The van der Waals surface area contributed by atoms with Crippen molar-refractivity contribution in [1.29, 1.82) is 0 Å². The molecule has 0 spiro atoms.